The normalized spacial score (nSPS) is 13.0. The monoisotopic (exact) mass is 437 g/mol. The highest BCUT2D eigenvalue weighted by atomic mass is 19.3. The number of halogens is 2. The number of carbonyl (C=O) groups excluding carboxylic acids is 3. The first-order valence-electron chi connectivity index (χ1n) is 9.45. The fourth-order valence-electron chi connectivity index (χ4n) is 2.71. The Morgan fingerprint density at radius 1 is 0.968 bits per heavy atom. The Balaban J connectivity index is 2.21. The fraction of sp³-hybridized carbons (Fsp3) is 0.409. The number of carbonyl (C=O) groups is 3. The molecule has 168 valence electrons. The number of fused-ring (bicyclic) bond motifs is 1. The van der Waals surface area contributed by atoms with Crippen LogP contribution >= 0.6 is 0 Å². The molecule has 2 aromatic rings. The van der Waals surface area contributed by atoms with E-state index in [2.05, 4.69) is 0 Å². The number of carboxylic acids is 1. The van der Waals surface area contributed by atoms with Crippen LogP contribution < -0.4 is 9.84 Å². The maximum Gasteiger partial charge on any atom is 0.514 e. The highest BCUT2D eigenvalue weighted by molar-refractivity contribution is 5.96. The molecule has 31 heavy (non-hydrogen) atoms. The van der Waals surface area contributed by atoms with Crippen LogP contribution in [0, 0.1) is 5.92 Å². The van der Waals surface area contributed by atoms with E-state index >= 15 is 0 Å². The molecule has 0 heterocycles. The minimum Gasteiger partial charge on any atom is -0.544 e. The van der Waals surface area contributed by atoms with Gasteiger partial charge < -0.3 is 24.1 Å². The van der Waals surface area contributed by atoms with E-state index in [0.717, 1.165) is 0 Å². The van der Waals surface area contributed by atoms with Gasteiger partial charge in [-0.3, -0.25) is 0 Å². The zero-order chi connectivity index (χ0) is 23.6. The van der Waals surface area contributed by atoms with Crippen molar-refractivity contribution in [3.05, 3.63) is 42.0 Å². The summed E-state index contributed by atoms with van der Waals surface area (Å²) in [6.07, 6.45) is -3.06. The van der Waals surface area contributed by atoms with Crippen LogP contribution in [0.2, 0.25) is 0 Å². The van der Waals surface area contributed by atoms with Crippen molar-refractivity contribution in [2.45, 2.75) is 52.2 Å². The molecule has 1 unspecified atom stereocenters. The van der Waals surface area contributed by atoms with E-state index in [1.165, 1.54) is 44.2 Å². The van der Waals surface area contributed by atoms with Gasteiger partial charge in [-0.15, -0.1) is 0 Å². The SMILES string of the molecule is CC(C)C(OC(=O)c1ccc2cc(OC(=O)OC(C)(C)C)ccc2c1)C(F)(F)C(=O)[O-]. The molecule has 0 aromatic heterocycles. The Kier molecular flexibility index (Phi) is 6.88. The average molecular weight is 437 g/mol. The zero-order valence-corrected chi connectivity index (χ0v) is 17.7. The minimum atomic E-state index is -4.34. The standard InChI is InChI=1S/C22H24F2O7/c1-12(2)17(22(23,24)19(26)27)30-18(25)15-7-6-14-11-16(9-8-13(14)10-15)29-20(28)31-21(3,4)5/h6-12,17H,1-5H3,(H,26,27)/p-1. The highest BCUT2D eigenvalue weighted by Gasteiger charge is 2.46. The summed E-state index contributed by atoms with van der Waals surface area (Å²) < 4.78 is 42.7. The summed E-state index contributed by atoms with van der Waals surface area (Å²) in [6, 6.07) is 8.80. The second kappa shape index (κ2) is 8.87. The van der Waals surface area contributed by atoms with Crippen LogP contribution in [0.3, 0.4) is 0 Å². The summed E-state index contributed by atoms with van der Waals surface area (Å²) in [5.41, 5.74) is -0.766. The van der Waals surface area contributed by atoms with E-state index in [-0.39, 0.29) is 11.3 Å². The molecule has 0 aliphatic carbocycles. The molecule has 0 aliphatic rings. The smallest absolute Gasteiger partial charge is 0.514 e. The van der Waals surface area contributed by atoms with Crippen molar-refractivity contribution in [3.63, 3.8) is 0 Å². The van der Waals surface area contributed by atoms with Crippen molar-refractivity contribution in [1.82, 2.24) is 0 Å². The molecular weight excluding hydrogens is 414 g/mol. The van der Waals surface area contributed by atoms with Crippen LogP contribution in [0.5, 0.6) is 5.75 Å². The van der Waals surface area contributed by atoms with E-state index in [1.54, 1.807) is 26.8 Å². The lowest BCUT2D eigenvalue weighted by Gasteiger charge is -2.30. The van der Waals surface area contributed by atoms with Gasteiger partial charge in [-0.1, -0.05) is 26.0 Å². The number of rotatable bonds is 6. The fourth-order valence-corrected chi connectivity index (χ4v) is 2.71. The van der Waals surface area contributed by atoms with Crippen molar-refractivity contribution in [3.8, 4) is 5.75 Å². The predicted molar refractivity (Wildman–Crippen MR) is 105 cm³/mol. The zero-order valence-electron chi connectivity index (χ0n) is 17.7. The number of hydrogen-bond donors (Lipinski definition) is 0. The van der Waals surface area contributed by atoms with Gasteiger partial charge in [-0.25, -0.2) is 9.59 Å². The molecule has 0 aliphatic heterocycles. The van der Waals surface area contributed by atoms with Gasteiger partial charge >= 0.3 is 18.0 Å². The third kappa shape index (κ3) is 6.13. The van der Waals surface area contributed by atoms with Gasteiger partial charge in [0.05, 0.1) is 5.56 Å². The number of hydrogen-bond acceptors (Lipinski definition) is 7. The summed E-state index contributed by atoms with van der Waals surface area (Å²) in [5.74, 6) is -8.81. The Bertz CT molecular complexity index is 993. The minimum absolute atomic E-state index is 0.0480. The number of alkyl halides is 2. The van der Waals surface area contributed by atoms with Gasteiger partial charge in [0.1, 0.15) is 17.3 Å². The van der Waals surface area contributed by atoms with E-state index in [9.17, 15) is 28.3 Å². The Labute approximate surface area is 177 Å². The van der Waals surface area contributed by atoms with Gasteiger partial charge in [0.2, 0.25) is 0 Å². The highest BCUT2D eigenvalue weighted by Crippen LogP contribution is 2.29. The number of ether oxygens (including phenoxy) is 3. The Hall–Kier alpha value is -3.23. The Morgan fingerprint density at radius 2 is 1.55 bits per heavy atom. The van der Waals surface area contributed by atoms with Gasteiger partial charge in [0.25, 0.3) is 0 Å². The summed E-state index contributed by atoms with van der Waals surface area (Å²) in [6.45, 7) is 7.70. The van der Waals surface area contributed by atoms with Gasteiger partial charge in [0.15, 0.2) is 6.10 Å². The first kappa shape index (κ1) is 24.0. The van der Waals surface area contributed by atoms with Crippen molar-refractivity contribution < 1.29 is 42.5 Å². The van der Waals surface area contributed by atoms with Gasteiger partial charge in [-0.05, 0) is 61.7 Å². The third-order valence-corrected chi connectivity index (χ3v) is 4.11. The van der Waals surface area contributed by atoms with E-state index in [1.807, 2.05) is 0 Å². The number of aliphatic carboxylic acids is 1. The van der Waals surface area contributed by atoms with E-state index < -0.39 is 41.6 Å². The topological polar surface area (TPSA) is 102 Å². The summed E-state index contributed by atoms with van der Waals surface area (Å²) >= 11 is 0. The maximum absolute atomic E-state index is 13.9. The van der Waals surface area contributed by atoms with Crippen LogP contribution in [0.4, 0.5) is 13.6 Å². The molecule has 0 amide bonds. The van der Waals surface area contributed by atoms with Crippen molar-refractivity contribution in [2.24, 2.45) is 5.92 Å². The summed E-state index contributed by atoms with van der Waals surface area (Å²) in [7, 11) is 0. The molecule has 0 radical (unpaired) electrons. The first-order valence-corrected chi connectivity index (χ1v) is 9.45. The molecule has 7 nitrogen and oxygen atoms in total. The summed E-state index contributed by atoms with van der Waals surface area (Å²) in [4.78, 5) is 34.9. The Morgan fingerprint density at radius 3 is 2.10 bits per heavy atom. The molecule has 0 N–H and O–H groups in total. The maximum atomic E-state index is 13.9. The van der Waals surface area contributed by atoms with Crippen LogP contribution in [-0.2, 0) is 14.3 Å². The molecule has 0 fully saturated rings. The molecule has 0 saturated carbocycles. The van der Waals surface area contributed by atoms with E-state index in [0.29, 0.717) is 10.8 Å². The third-order valence-electron chi connectivity index (χ3n) is 4.11. The predicted octanol–water partition coefficient (Wildman–Crippen LogP) is 3.72. The number of esters is 1. The van der Waals surface area contributed by atoms with E-state index in [4.69, 9.17) is 14.2 Å². The molecular formula is C22H23F2O7-. The molecule has 0 spiro atoms. The summed E-state index contributed by atoms with van der Waals surface area (Å²) in [5, 5.41) is 11.9. The number of carboxylic acid groups (broad SMARTS) is 1. The quantitative estimate of drug-likeness (QED) is 0.501. The molecule has 0 bridgehead atoms. The van der Waals surface area contributed by atoms with Gasteiger partial charge in [-0.2, -0.15) is 8.78 Å². The van der Waals surface area contributed by atoms with Crippen molar-refractivity contribution in [1.29, 1.82) is 0 Å². The molecule has 2 aromatic carbocycles. The molecule has 9 heteroatoms. The van der Waals surface area contributed by atoms with Crippen molar-refractivity contribution in [2.75, 3.05) is 0 Å². The second-order valence-electron chi connectivity index (χ2n) is 8.27. The van der Waals surface area contributed by atoms with Crippen LogP contribution in [0.1, 0.15) is 45.0 Å². The lowest BCUT2D eigenvalue weighted by molar-refractivity contribution is -0.337. The lowest BCUT2D eigenvalue weighted by Crippen LogP contribution is -2.53. The largest absolute Gasteiger partial charge is 0.544 e. The lowest BCUT2D eigenvalue weighted by atomic mass is 10.0. The molecule has 1 atom stereocenters. The van der Waals surface area contributed by atoms with Gasteiger partial charge in [0, 0.05) is 0 Å². The first-order chi connectivity index (χ1) is 14.2. The van der Waals surface area contributed by atoms with Crippen LogP contribution in [0.25, 0.3) is 10.8 Å². The second-order valence-corrected chi connectivity index (χ2v) is 8.27. The van der Waals surface area contributed by atoms with Crippen LogP contribution in [-0.4, -0.2) is 35.7 Å². The van der Waals surface area contributed by atoms with Crippen molar-refractivity contribution >= 4 is 28.9 Å². The average Bonchev–Trinajstić information content (AvgIpc) is 2.63. The molecule has 2 rings (SSSR count). The van der Waals surface area contributed by atoms with Crippen LogP contribution in [0.15, 0.2) is 36.4 Å². The molecule has 0 saturated heterocycles. The number of benzene rings is 2.